The van der Waals surface area contributed by atoms with Gasteiger partial charge in [-0.25, -0.2) is 4.39 Å². The standard InChI is InChI=1S/C15H21FN2S/c1-3-15(12-17,18-4-2)9-6-10-19-14-8-5-7-13(16)11-14/h5,7-8,11,18H,3-4,6,9-10H2,1-2H3. The third kappa shape index (κ3) is 5.22. The van der Waals surface area contributed by atoms with Crippen LogP contribution in [0.2, 0.25) is 0 Å². The second-order valence-corrected chi connectivity index (χ2v) is 5.66. The van der Waals surface area contributed by atoms with Gasteiger partial charge in [0, 0.05) is 4.90 Å². The van der Waals surface area contributed by atoms with Crippen LogP contribution in [-0.4, -0.2) is 17.8 Å². The smallest absolute Gasteiger partial charge is 0.124 e. The van der Waals surface area contributed by atoms with Gasteiger partial charge >= 0.3 is 0 Å². The minimum Gasteiger partial charge on any atom is -0.300 e. The Kier molecular flexibility index (Phi) is 6.90. The number of rotatable bonds is 8. The van der Waals surface area contributed by atoms with Crippen molar-refractivity contribution in [1.29, 1.82) is 5.26 Å². The summed E-state index contributed by atoms with van der Waals surface area (Å²) in [6, 6.07) is 9.03. The maximum Gasteiger partial charge on any atom is 0.124 e. The normalized spacial score (nSPS) is 13.8. The van der Waals surface area contributed by atoms with Gasteiger partial charge in [-0.1, -0.05) is 19.9 Å². The van der Waals surface area contributed by atoms with Crippen molar-refractivity contribution in [2.45, 2.75) is 43.5 Å². The lowest BCUT2D eigenvalue weighted by Crippen LogP contribution is -2.43. The van der Waals surface area contributed by atoms with E-state index in [1.165, 1.54) is 6.07 Å². The van der Waals surface area contributed by atoms with Gasteiger partial charge in [-0.2, -0.15) is 5.26 Å². The number of nitriles is 1. The van der Waals surface area contributed by atoms with Crippen LogP contribution < -0.4 is 5.32 Å². The monoisotopic (exact) mass is 280 g/mol. The average Bonchev–Trinajstić information content (AvgIpc) is 2.42. The molecule has 0 saturated carbocycles. The minimum atomic E-state index is -0.406. The molecule has 0 aromatic heterocycles. The van der Waals surface area contributed by atoms with E-state index < -0.39 is 5.54 Å². The van der Waals surface area contributed by atoms with E-state index in [0.29, 0.717) is 0 Å². The van der Waals surface area contributed by atoms with E-state index in [9.17, 15) is 9.65 Å². The van der Waals surface area contributed by atoms with Crippen LogP contribution in [-0.2, 0) is 0 Å². The Labute approximate surface area is 119 Å². The Morgan fingerprint density at radius 3 is 2.79 bits per heavy atom. The number of hydrogen-bond donors (Lipinski definition) is 1. The van der Waals surface area contributed by atoms with E-state index in [0.717, 1.165) is 36.5 Å². The Hall–Kier alpha value is -1.05. The highest BCUT2D eigenvalue weighted by molar-refractivity contribution is 7.99. The van der Waals surface area contributed by atoms with Crippen LogP contribution in [0.1, 0.15) is 33.1 Å². The molecule has 4 heteroatoms. The molecule has 1 N–H and O–H groups in total. The Morgan fingerprint density at radius 1 is 1.42 bits per heavy atom. The lowest BCUT2D eigenvalue weighted by Gasteiger charge is -2.25. The summed E-state index contributed by atoms with van der Waals surface area (Å²) in [5, 5.41) is 12.6. The zero-order valence-corrected chi connectivity index (χ0v) is 12.4. The predicted octanol–water partition coefficient (Wildman–Crippen LogP) is 3.98. The number of nitrogens with zero attached hydrogens (tertiary/aromatic N) is 1. The Morgan fingerprint density at radius 2 is 2.21 bits per heavy atom. The molecule has 1 aromatic rings. The molecule has 0 amide bonds. The van der Waals surface area contributed by atoms with Gasteiger partial charge in [0.1, 0.15) is 11.4 Å². The van der Waals surface area contributed by atoms with Crippen LogP contribution in [0.3, 0.4) is 0 Å². The quantitative estimate of drug-likeness (QED) is 0.578. The van der Waals surface area contributed by atoms with Crippen molar-refractivity contribution in [3.63, 3.8) is 0 Å². The molecule has 0 bridgehead atoms. The van der Waals surface area contributed by atoms with Crippen molar-refractivity contribution in [3.8, 4) is 6.07 Å². The van der Waals surface area contributed by atoms with Gasteiger partial charge in [-0.3, -0.25) is 5.32 Å². The first-order valence-corrected chi connectivity index (χ1v) is 7.69. The van der Waals surface area contributed by atoms with Crippen LogP contribution in [0.25, 0.3) is 0 Å². The molecule has 1 atom stereocenters. The minimum absolute atomic E-state index is 0.197. The highest BCUT2D eigenvalue weighted by Gasteiger charge is 2.25. The highest BCUT2D eigenvalue weighted by Crippen LogP contribution is 2.23. The van der Waals surface area contributed by atoms with Gasteiger partial charge in [0.2, 0.25) is 0 Å². The van der Waals surface area contributed by atoms with E-state index in [2.05, 4.69) is 11.4 Å². The highest BCUT2D eigenvalue weighted by atomic mass is 32.2. The van der Waals surface area contributed by atoms with Crippen molar-refractivity contribution in [2.24, 2.45) is 0 Å². The molecule has 0 aliphatic heterocycles. The molecule has 0 saturated heterocycles. The first kappa shape index (κ1) is 16.0. The molecular formula is C15H21FN2S. The van der Waals surface area contributed by atoms with E-state index in [4.69, 9.17) is 0 Å². The first-order valence-electron chi connectivity index (χ1n) is 6.70. The summed E-state index contributed by atoms with van der Waals surface area (Å²) in [5.74, 6) is 0.704. The van der Waals surface area contributed by atoms with E-state index >= 15 is 0 Å². The molecular weight excluding hydrogens is 259 g/mol. The zero-order valence-electron chi connectivity index (χ0n) is 11.6. The van der Waals surface area contributed by atoms with Crippen LogP contribution >= 0.6 is 11.8 Å². The molecule has 19 heavy (non-hydrogen) atoms. The van der Waals surface area contributed by atoms with E-state index in [1.807, 2.05) is 19.9 Å². The lowest BCUT2D eigenvalue weighted by molar-refractivity contribution is 0.379. The number of hydrogen-bond acceptors (Lipinski definition) is 3. The summed E-state index contributed by atoms with van der Waals surface area (Å²) in [7, 11) is 0. The zero-order chi connectivity index (χ0) is 14.1. The maximum atomic E-state index is 13.0. The molecule has 0 aliphatic carbocycles. The average molecular weight is 280 g/mol. The first-order chi connectivity index (χ1) is 9.15. The molecule has 104 valence electrons. The number of thioether (sulfide) groups is 1. The predicted molar refractivity (Wildman–Crippen MR) is 78.7 cm³/mol. The maximum absolute atomic E-state index is 13.0. The second kappa shape index (κ2) is 8.19. The largest absolute Gasteiger partial charge is 0.300 e. The van der Waals surface area contributed by atoms with Gasteiger partial charge in [-0.15, -0.1) is 11.8 Å². The van der Waals surface area contributed by atoms with Crippen molar-refractivity contribution >= 4 is 11.8 Å². The molecule has 0 radical (unpaired) electrons. The van der Waals surface area contributed by atoms with Gasteiger partial charge in [0.25, 0.3) is 0 Å². The summed E-state index contributed by atoms with van der Waals surface area (Å²) >= 11 is 1.64. The summed E-state index contributed by atoms with van der Waals surface area (Å²) in [4.78, 5) is 0.947. The topological polar surface area (TPSA) is 35.8 Å². The fourth-order valence-electron chi connectivity index (χ4n) is 2.02. The van der Waals surface area contributed by atoms with Gasteiger partial charge in [0.15, 0.2) is 0 Å². The summed E-state index contributed by atoms with van der Waals surface area (Å²) in [6.45, 7) is 4.85. The van der Waals surface area contributed by atoms with Crippen molar-refractivity contribution in [2.75, 3.05) is 12.3 Å². The molecule has 0 spiro atoms. The molecule has 0 aliphatic rings. The van der Waals surface area contributed by atoms with Crippen molar-refractivity contribution < 1.29 is 4.39 Å². The summed E-state index contributed by atoms with van der Waals surface area (Å²) in [6.07, 6.45) is 2.58. The lowest BCUT2D eigenvalue weighted by atomic mass is 9.92. The molecule has 1 aromatic carbocycles. The molecule has 0 fully saturated rings. The number of benzene rings is 1. The van der Waals surface area contributed by atoms with Crippen LogP contribution in [0, 0.1) is 17.1 Å². The third-order valence-electron chi connectivity index (χ3n) is 3.15. The summed E-state index contributed by atoms with van der Waals surface area (Å²) in [5.41, 5.74) is -0.406. The molecule has 1 rings (SSSR count). The fraction of sp³-hybridized carbons (Fsp3) is 0.533. The van der Waals surface area contributed by atoms with E-state index in [1.54, 1.807) is 23.9 Å². The van der Waals surface area contributed by atoms with Gasteiger partial charge in [0.05, 0.1) is 6.07 Å². The van der Waals surface area contributed by atoms with Crippen LogP contribution in [0.5, 0.6) is 0 Å². The van der Waals surface area contributed by atoms with Gasteiger partial charge in [-0.05, 0) is 49.8 Å². The van der Waals surface area contributed by atoms with Gasteiger partial charge < -0.3 is 0 Å². The van der Waals surface area contributed by atoms with Crippen LogP contribution in [0.15, 0.2) is 29.2 Å². The number of halogens is 1. The fourth-order valence-corrected chi connectivity index (χ4v) is 2.92. The number of nitrogens with one attached hydrogen (secondary N) is 1. The molecule has 0 heterocycles. The Bertz CT molecular complexity index is 430. The third-order valence-corrected chi connectivity index (χ3v) is 4.23. The molecule has 2 nitrogen and oxygen atoms in total. The van der Waals surface area contributed by atoms with Crippen molar-refractivity contribution in [3.05, 3.63) is 30.1 Å². The Balaban J connectivity index is 2.39. The van der Waals surface area contributed by atoms with Crippen LogP contribution in [0.4, 0.5) is 4.39 Å². The SMILES string of the molecule is CCNC(C#N)(CC)CCCSc1cccc(F)c1. The van der Waals surface area contributed by atoms with E-state index in [-0.39, 0.29) is 5.82 Å². The summed E-state index contributed by atoms with van der Waals surface area (Å²) < 4.78 is 13.0. The second-order valence-electron chi connectivity index (χ2n) is 4.49. The van der Waals surface area contributed by atoms with Crippen molar-refractivity contribution in [1.82, 2.24) is 5.32 Å². The molecule has 1 unspecified atom stereocenters.